The van der Waals surface area contributed by atoms with Gasteiger partial charge in [-0.1, -0.05) is 53.9 Å². The lowest BCUT2D eigenvalue weighted by atomic mass is 9.42. The Morgan fingerprint density at radius 1 is 1.08 bits per heavy atom. The van der Waals surface area contributed by atoms with Gasteiger partial charge in [-0.05, 0) is 85.9 Å². The van der Waals surface area contributed by atoms with Gasteiger partial charge in [-0.2, -0.15) is 0 Å². The molecule has 5 nitrogen and oxygen atoms in total. The normalized spacial score (nSPS) is 44.3. The van der Waals surface area contributed by atoms with E-state index in [9.17, 15) is 10.2 Å². The first-order valence-corrected chi connectivity index (χ1v) is 15.7. The van der Waals surface area contributed by atoms with Crippen molar-refractivity contribution in [3.05, 3.63) is 18.2 Å². The molecule has 5 rings (SSSR count). The quantitative estimate of drug-likeness (QED) is 0.321. The fraction of sp³-hybridized carbons (Fsp3) is 0.906. The number of aliphatic hydroxyl groups excluding tert-OH is 1. The van der Waals surface area contributed by atoms with Gasteiger partial charge in [-0.3, -0.25) is 0 Å². The molecule has 4 fully saturated rings. The molecule has 1 aromatic heterocycles. The van der Waals surface area contributed by atoms with Crippen LogP contribution in [0.2, 0.25) is 0 Å². The first-order chi connectivity index (χ1) is 17.6. The Labute approximate surface area is 226 Å². The van der Waals surface area contributed by atoms with E-state index >= 15 is 0 Å². The third-order valence-electron chi connectivity index (χ3n) is 12.4. The van der Waals surface area contributed by atoms with Gasteiger partial charge < -0.3 is 20.5 Å². The highest BCUT2D eigenvalue weighted by molar-refractivity contribution is 5.18. The number of nitrogens with one attached hydrogen (secondary N) is 2. The van der Waals surface area contributed by atoms with Crippen LogP contribution in [0, 0.1) is 46.3 Å². The molecule has 0 amide bonds. The summed E-state index contributed by atoms with van der Waals surface area (Å²) in [5.41, 5.74) is 0.618. The van der Waals surface area contributed by atoms with Gasteiger partial charge in [0.05, 0.1) is 18.0 Å². The maximum atomic E-state index is 12.4. The zero-order valence-electron chi connectivity index (χ0n) is 24.3. The lowest BCUT2D eigenvalue weighted by molar-refractivity contribution is -0.234. The largest absolute Gasteiger partial charge is 0.393 e. The van der Waals surface area contributed by atoms with Gasteiger partial charge in [0, 0.05) is 42.7 Å². The molecule has 4 N–H and O–H groups in total. The van der Waals surface area contributed by atoms with Crippen LogP contribution in [0.5, 0.6) is 0 Å². The molecule has 4 aliphatic carbocycles. The maximum absolute atomic E-state index is 12.4. The van der Waals surface area contributed by atoms with E-state index < -0.39 is 5.60 Å². The third-order valence-corrected chi connectivity index (χ3v) is 12.4. The second-order valence-electron chi connectivity index (χ2n) is 14.7. The Morgan fingerprint density at radius 2 is 1.89 bits per heavy atom. The smallest absolute Gasteiger partial charge is 0.0921 e. The van der Waals surface area contributed by atoms with Gasteiger partial charge in [0.25, 0.3) is 0 Å². The summed E-state index contributed by atoms with van der Waals surface area (Å²) >= 11 is 0. The van der Waals surface area contributed by atoms with Gasteiger partial charge in [-0.25, -0.2) is 4.98 Å². The molecule has 0 spiro atoms. The van der Waals surface area contributed by atoms with E-state index in [4.69, 9.17) is 0 Å². The standard InChI is InChI=1S/C32H55N3O2/c1-21(2)7-6-8-22(3)26-9-10-27-25-17-29(34-16-13-23-19-33-20-35-23)32(37)18-24(36)11-15-31(32,5)28(25)12-14-30(26,27)4/h19-22,24-29,34,36-37H,6-18H2,1-5H3,(H,33,35)/t22-,24?,25+,26-,27+,28+,29?,30-,31-,32?/m1/s1. The van der Waals surface area contributed by atoms with Crippen LogP contribution in [0.4, 0.5) is 0 Å². The second-order valence-corrected chi connectivity index (χ2v) is 14.7. The topological polar surface area (TPSA) is 81.2 Å². The molecule has 5 heteroatoms. The number of fused-ring (bicyclic) bond motifs is 5. The van der Waals surface area contributed by atoms with Gasteiger partial charge in [0.2, 0.25) is 0 Å². The van der Waals surface area contributed by atoms with E-state index in [0.717, 1.165) is 61.6 Å². The zero-order valence-corrected chi connectivity index (χ0v) is 24.3. The molecule has 4 saturated carbocycles. The Kier molecular flexibility index (Phi) is 7.90. The van der Waals surface area contributed by atoms with Gasteiger partial charge in [0.15, 0.2) is 0 Å². The van der Waals surface area contributed by atoms with E-state index in [-0.39, 0.29) is 17.6 Å². The van der Waals surface area contributed by atoms with Crippen LogP contribution in [0.25, 0.3) is 0 Å². The van der Waals surface area contributed by atoms with E-state index in [1.165, 1.54) is 44.9 Å². The molecule has 210 valence electrons. The first-order valence-electron chi connectivity index (χ1n) is 15.7. The molecule has 0 aliphatic heterocycles. The minimum Gasteiger partial charge on any atom is -0.393 e. The summed E-state index contributed by atoms with van der Waals surface area (Å²) in [6.45, 7) is 13.1. The summed E-state index contributed by atoms with van der Waals surface area (Å²) in [6, 6.07) is 0.0430. The van der Waals surface area contributed by atoms with E-state index in [0.29, 0.717) is 23.7 Å². The van der Waals surface area contributed by atoms with E-state index in [2.05, 4.69) is 49.9 Å². The number of H-pyrrole nitrogens is 1. The maximum Gasteiger partial charge on any atom is 0.0921 e. The summed E-state index contributed by atoms with van der Waals surface area (Å²) in [5.74, 6) is 4.49. The van der Waals surface area contributed by atoms with Crippen molar-refractivity contribution in [1.82, 2.24) is 15.3 Å². The average Bonchev–Trinajstić information content (AvgIpc) is 3.48. The lowest BCUT2D eigenvalue weighted by Gasteiger charge is -2.66. The SMILES string of the molecule is CC(C)CCC[C@@H](C)[C@H]1CC[C@H]2[C@@H]3CC(NCCc4cnc[nH]4)C4(O)CC(O)CC[C@]4(C)[C@H]3CC[C@]12C. The molecule has 1 heterocycles. The molecule has 0 saturated heterocycles. The van der Waals surface area contributed by atoms with Crippen molar-refractivity contribution >= 4 is 0 Å². The number of hydrogen-bond donors (Lipinski definition) is 4. The molecular weight excluding hydrogens is 458 g/mol. The fourth-order valence-corrected chi connectivity index (χ4v) is 10.4. The Balaban J connectivity index is 1.36. The van der Waals surface area contributed by atoms with Crippen LogP contribution in [0.15, 0.2) is 12.5 Å². The van der Waals surface area contributed by atoms with E-state index in [1.54, 1.807) is 6.33 Å². The molecule has 0 radical (unpaired) electrons. The molecule has 0 bridgehead atoms. The molecule has 0 aromatic carbocycles. The van der Waals surface area contributed by atoms with Crippen LogP contribution in [-0.4, -0.2) is 44.5 Å². The lowest BCUT2D eigenvalue weighted by Crippen LogP contribution is -2.71. The Bertz CT molecular complexity index is 889. The number of imidazole rings is 1. The number of nitrogens with zero attached hydrogens (tertiary/aromatic N) is 1. The summed E-state index contributed by atoms with van der Waals surface area (Å²) in [4.78, 5) is 7.39. The highest BCUT2D eigenvalue weighted by Gasteiger charge is 2.67. The van der Waals surface area contributed by atoms with Crippen molar-refractivity contribution in [3.63, 3.8) is 0 Å². The highest BCUT2D eigenvalue weighted by atomic mass is 16.3. The average molecular weight is 514 g/mol. The van der Waals surface area contributed by atoms with Gasteiger partial charge >= 0.3 is 0 Å². The van der Waals surface area contributed by atoms with E-state index in [1.807, 2.05) is 6.20 Å². The van der Waals surface area contributed by atoms with Crippen LogP contribution >= 0.6 is 0 Å². The molecule has 37 heavy (non-hydrogen) atoms. The Hall–Kier alpha value is -0.910. The molecule has 4 aliphatic rings. The summed E-state index contributed by atoms with van der Waals surface area (Å²) < 4.78 is 0. The molecule has 10 atom stereocenters. The fourth-order valence-electron chi connectivity index (χ4n) is 10.4. The summed E-state index contributed by atoms with van der Waals surface area (Å²) in [7, 11) is 0. The van der Waals surface area contributed by atoms with Crippen molar-refractivity contribution in [2.75, 3.05) is 6.54 Å². The van der Waals surface area contributed by atoms with Crippen molar-refractivity contribution in [1.29, 1.82) is 0 Å². The summed E-state index contributed by atoms with van der Waals surface area (Å²) in [5, 5.41) is 27.0. The van der Waals surface area contributed by atoms with Crippen LogP contribution in [-0.2, 0) is 6.42 Å². The van der Waals surface area contributed by atoms with Crippen LogP contribution < -0.4 is 5.32 Å². The minimum atomic E-state index is -0.838. The van der Waals surface area contributed by atoms with Gasteiger partial charge in [0.1, 0.15) is 0 Å². The predicted octanol–water partition coefficient (Wildman–Crippen LogP) is 6.12. The summed E-state index contributed by atoms with van der Waals surface area (Å²) in [6.07, 6.45) is 16.9. The predicted molar refractivity (Wildman–Crippen MR) is 150 cm³/mol. The number of hydrogen-bond acceptors (Lipinski definition) is 4. The number of rotatable bonds is 9. The second kappa shape index (κ2) is 10.6. The monoisotopic (exact) mass is 513 g/mol. The van der Waals surface area contributed by atoms with Crippen LogP contribution in [0.1, 0.15) is 111 Å². The van der Waals surface area contributed by atoms with Crippen molar-refractivity contribution in [3.8, 4) is 0 Å². The Morgan fingerprint density at radius 3 is 2.62 bits per heavy atom. The van der Waals surface area contributed by atoms with Crippen molar-refractivity contribution in [2.45, 2.75) is 129 Å². The molecule has 3 unspecified atom stereocenters. The third kappa shape index (κ3) is 4.84. The zero-order chi connectivity index (χ0) is 26.4. The van der Waals surface area contributed by atoms with Crippen molar-refractivity contribution in [2.24, 2.45) is 46.3 Å². The van der Waals surface area contributed by atoms with Crippen molar-refractivity contribution < 1.29 is 10.2 Å². The number of aromatic amines is 1. The van der Waals surface area contributed by atoms with Crippen LogP contribution in [0.3, 0.4) is 0 Å². The van der Waals surface area contributed by atoms with Gasteiger partial charge in [-0.15, -0.1) is 0 Å². The highest BCUT2D eigenvalue weighted by Crippen LogP contribution is 2.69. The number of aromatic nitrogens is 2. The number of aliphatic hydroxyl groups is 2. The first kappa shape index (κ1) is 27.6. The minimum absolute atomic E-state index is 0.0430. The molecular formula is C32H55N3O2. The molecule has 1 aromatic rings.